The number of hydrogen-bond acceptors (Lipinski definition) is 4. The van der Waals surface area contributed by atoms with Gasteiger partial charge in [-0.2, -0.15) is 5.26 Å². The average Bonchev–Trinajstić information content (AvgIpc) is 2.28. The van der Waals surface area contributed by atoms with Gasteiger partial charge in [0.05, 0.1) is 17.2 Å². The van der Waals surface area contributed by atoms with Crippen molar-refractivity contribution in [1.82, 2.24) is 4.98 Å². The van der Waals surface area contributed by atoms with Gasteiger partial charge in [-0.1, -0.05) is 11.6 Å². The second kappa shape index (κ2) is 4.52. The van der Waals surface area contributed by atoms with Crippen LogP contribution in [0.3, 0.4) is 0 Å². The molecule has 1 aliphatic heterocycles. The van der Waals surface area contributed by atoms with Crippen molar-refractivity contribution in [1.29, 1.82) is 5.26 Å². The lowest BCUT2D eigenvalue weighted by molar-refractivity contribution is 0.0350. The second-order valence-corrected chi connectivity index (χ2v) is 5.02. The first-order chi connectivity index (χ1) is 8.00. The van der Waals surface area contributed by atoms with E-state index in [4.69, 9.17) is 16.9 Å². The van der Waals surface area contributed by atoms with Crippen molar-refractivity contribution in [2.24, 2.45) is 0 Å². The molecule has 0 aliphatic carbocycles. The molecule has 0 amide bonds. The lowest BCUT2D eigenvalue weighted by Crippen LogP contribution is -2.42. The van der Waals surface area contributed by atoms with Crippen LogP contribution in [0.15, 0.2) is 12.1 Å². The topological polar surface area (TPSA) is 60.1 Å². The van der Waals surface area contributed by atoms with Crippen molar-refractivity contribution in [3.05, 3.63) is 22.8 Å². The summed E-state index contributed by atoms with van der Waals surface area (Å²) in [7, 11) is 0. The number of nitriles is 1. The normalized spacial score (nSPS) is 18.8. The van der Waals surface area contributed by atoms with E-state index in [-0.39, 0.29) is 0 Å². The van der Waals surface area contributed by atoms with Crippen molar-refractivity contribution >= 4 is 17.4 Å². The van der Waals surface area contributed by atoms with E-state index >= 15 is 0 Å². The predicted octanol–water partition coefficient (Wildman–Crippen LogP) is 1.96. The quantitative estimate of drug-likeness (QED) is 0.775. The molecular weight excluding hydrogens is 238 g/mol. The third kappa shape index (κ3) is 2.87. The first-order valence-electron chi connectivity index (χ1n) is 5.55. The number of nitrogens with zero attached hydrogens (tertiary/aromatic N) is 3. The Morgan fingerprint density at radius 3 is 2.71 bits per heavy atom. The fourth-order valence-corrected chi connectivity index (χ4v) is 2.13. The molecule has 0 spiro atoms. The van der Waals surface area contributed by atoms with Gasteiger partial charge in [0.15, 0.2) is 0 Å². The molecule has 1 fully saturated rings. The Morgan fingerprint density at radius 2 is 2.12 bits per heavy atom. The minimum absolute atomic E-state index is 0.330. The van der Waals surface area contributed by atoms with Crippen LogP contribution in [0.2, 0.25) is 5.15 Å². The van der Waals surface area contributed by atoms with E-state index in [1.807, 2.05) is 11.8 Å². The number of hydrogen-bond donors (Lipinski definition) is 1. The first kappa shape index (κ1) is 12.2. The Bertz CT molecular complexity index is 457. The minimum Gasteiger partial charge on any atom is -0.390 e. The fourth-order valence-electron chi connectivity index (χ4n) is 1.93. The van der Waals surface area contributed by atoms with Crippen LogP contribution in [0.4, 0.5) is 5.82 Å². The maximum atomic E-state index is 9.87. The third-order valence-electron chi connectivity index (χ3n) is 3.07. The van der Waals surface area contributed by atoms with Crippen molar-refractivity contribution in [3.8, 4) is 6.07 Å². The largest absolute Gasteiger partial charge is 0.390 e. The Balaban J connectivity index is 2.19. The minimum atomic E-state index is -0.590. The molecule has 1 N–H and O–H groups in total. The van der Waals surface area contributed by atoms with Crippen LogP contribution in [-0.4, -0.2) is 28.8 Å². The molecule has 1 saturated heterocycles. The molecule has 0 saturated carbocycles. The summed E-state index contributed by atoms with van der Waals surface area (Å²) in [6, 6.07) is 5.34. The molecule has 0 unspecified atom stereocenters. The summed E-state index contributed by atoms with van der Waals surface area (Å²) in [5.74, 6) is 0.713. The fraction of sp³-hybridized carbons (Fsp3) is 0.500. The predicted molar refractivity (Wildman–Crippen MR) is 66.0 cm³/mol. The molecule has 5 heteroatoms. The Kier molecular flexibility index (Phi) is 3.23. The summed E-state index contributed by atoms with van der Waals surface area (Å²) in [6.45, 7) is 3.30. The highest BCUT2D eigenvalue weighted by molar-refractivity contribution is 6.29. The Morgan fingerprint density at radius 1 is 1.47 bits per heavy atom. The van der Waals surface area contributed by atoms with Gasteiger partial charge in [-0.05, 0) is 31.9 Å². The van der Waals surface area contributed by atoms with Gasteiger partial charge in [0, 0.05) is 13.1 Å². The third-order valence-corrected chi connectivity index (χ3v) is 3.27. The average molecular weight is 252 g/mol. The van der Waals surface area contributed by atoms with E-state index in [2.05, 4.69) is 11.1 Å². The van der Waals surface area contributed by atoms with Crippen LogP contribution < -0.4 is 4.90 Å². The SMILES string of the molecule is CC1(O)CCN(c2cc(C#N)cc(Cl)n2)CC1. The van der Waals surface area contributed by atoms with Crippen molar-refractivity contribution in [3.63, 3.8) is 0 Å². The van der Waals surface area contributed by atoms with E-state index in [9.17, 15) is 5.11 Å². The van der Waals surface area contributed by atoms with Gasteiger partial charge in [-0.3, -0.25) is 0 Å². The molecule has 0 aromatic carbocycles. The van der Waals surface area contributed by atoms with Crippen molar-refractivity contribution in [2.75, 3.05) is 18.0 Å². The summed E-state index contributed by atoms with van der Waals surface area (Å²) in [5, 5.41) is 19.1. The second-order valence-electron chi connectivity index (χ2n) is 4.63. The van der Waals surface area contributed by atoms with Gasteiger partial charge in [0.1, 0.15) is 11.0 Å². The summed E-state index contributed by atoms with van der Waals surface area (Å²) in [6.07, 6.45) is 1.40. The standard InChI is InChI=1S/C12H14ClN3O/c1-12(17)2-4-16(5-3-12)11-7-9(8-14)6-10(13)15-11/h6-7,17H,2-5H2,1H3. The molecule has 90 valence electrons. The summed E-state index contributed by atoms with van der Waals surface area (Å²) >= 11 is 5.87. The van der Waals surface area contributed by atoms with E-state index in [1.54, 1.807) is 12.1 Å². The molecule has 17 heavy (non-hydrogen) atoms. The highest BCUT2D eigenvalue weighted by Crippen LogP contribution is 2.26. The Labute approximate surface area is 105 Å². The lowest BCUT2D eigenvalue weighted by Gasteiger charge is -2.36. The summed E-state index contributed by atoms with van der Waals surface area (Å²) in [5.41, 5.74) is -0.0787. The molecule has 2 heterocycles. The van der Waals surface area contributed by atoms with E-state index in [0.717, 1.165) is 13.1 Å². The van der Waals surface area contributed by atoms with Crippen LogP contribution in [0.1, 0.15) is 25.3 Å². The molecule has 0 radical (unpaired) electrons. The molecule has 1 aliphatic rings. The number of aliphatic hydroxyl groups is 1. The van der Waals surface area contributed by atoms with Crippen LogP contribution in [-0.2, 0) is 0 Å². The maximum absolute atomic E-state index is 9.87. The molecule has 2 rings (SSSR count). The van der Waals surface area contributed by atoms with Gasteiger partial charge in [0.2, 0.25) is 0 Å². The first-order valence-corrected chi connectivity index (χ1v) is 5.93. The number of aromatic nitrogens is 1. The number of anilines is 1. The highest BCUT2D eigenvalue weighted by Gasteiger charge is 2.28. The number of pyridine rings is 1. The molecule has 0 atom stereocenters. The monoisotopic (exact) mass is 251 g/mol. The van der Waals surface area contributed by atoms with E-state index in [1.165, 1.54) is 0 Å². The molecule has 1 aromatic heterocycles. The molecular formula is C12H14ClN3O. The number of rotatable bonds is 1. The Hall–Kier alpha value is -1.31. The van der Waals surface area contributed by atoms with Crippen LogP contribution in [0.5, 0.6) is 0 Å². The van der Waals surface area contributed by atoms with E-state index < -0.39 is 5.60 Å². The molecule has 4 nitrogen and oxygen atoms in total. The molecule has 1 aromatic rings. The zero-order valence-electron chi connectivity index (χ0n) is 9.65. The smallest absolute Gasteiger partial charge is 0.132 e. The zero-order chi connectivity index (χ0) is 12.5. The number of halogens is 1. The van der Waals surface area contributed by atoms with Crippen LogP contribution in [0.25, 0.3) is 0 Å². The lowest BCUT2D eigenvalue weighted by atomic mass is 9.94. The van der Waals surface area contributed by atoms with Gasteiger partial charge in [0.25, 0.3) is 0 Å². The van der Waals surface area contributed by atoms with Gasteiger partial charge >= 0.3 is 0 Å². The molecule has 0 bridgehead atoms. The van der Waals surface area contributed by atoms with Crippen LogP contribution >= 0.6 is 11.6 Å². The zero-order valence-corrected chi connectivity index (χ0v) is 10.4. The highest BCUT2D eigenvalue weighted by atomic mass is 35.5. The van der Waals surface area contributed by atoms with Crippen molar-refractivity contribution in [2.45, 2.75) is 25.4 Å². The van der Waals surface area contributed by atoms with Crippen molar-refractivity contribution < 1.29 is 5.11 Å². The van der Waals surface area contributed by atoms with Gasteiger partial charge in [-0.25, -0.2) is 4.98 Å². The summed E-state index contributed by atoms with van der Waals surface area (Å²) in [4.78, 5) is 6.26. The van der Waals surface area contributed by atoms with Gasteiger partial charge < -0.3 is 10.0 Å². The van der Waals surface area contributed by atoms with Gasteiger partial charge in [-0.15, -0.1) is 0 Å². The number of piperidine rings is 1. The van der Waals surface area contributed by atoms with E-state index in [0.29, 0.717) is 29.4 Å². The van der Waals surface area contributed by atoms with Crippen LogP contribution in [0, 0.1) is 11.3 Å². The maximum Gasteiger partial charge on any atom is 0.132 e. The summed E-state index contributed by atoms with van der Waals surface area (Å²) < 4.78 is 0.